The second-order valence-corrected chi connectivity index (χ2v) is 8.97. The van der Waals surface area contributed by atoms with Crippen molar-refractivity contribution in [1.82, 2.24) is 15.0 Å². The highest BCUT2D eigenvalue weighted by Gasteiger charge is 2.14. The average molecular weight is 399 g/mol. The van der Waals surface area contributed by atoms with E-state index in [4.69, 9.17) is 0 Å². The van der Waals surface area contributed by atoms with E-state index >= 15 is 0 Å². The second kappa shape index (κ2) is 8.71. The Morgan fingerprint density at radius 3 is 3.00 bits per heavy atom. The Morgan fingerprint density at radius 2 is 2.15 bits per heavy atom. The van der Waals surface area contributed by atoms with Gasteiger partial charge in [-0.3, -0.25) is 4.79 Å². The third-order valence-electron chi connectivity index (χ3n) is 4.74. The number of benzene rings is 1. The van der Waals surface area contributed by atoms with Gasteiger partial charge in [-0.15, -0.1) is 11.3 Å². The van der Waals surface area contributed by atoms with Gasteiger partial charge in [0.2, 0.25) is 0 Å². The lowest BCUT2D eigenvalue weighted by molar-refractivity contribution is -0.118. The number of thioether (sulfide) groups is 1. The largest absolute Gasteiger partial charge is 0.351 e. The molecule has 27 heavy (non-hydrogen) atoms. The highest BCUT2D eigenvalue weighted by molar-refractivity contribution is 8.01. The van der Waals surface area contributed by atoms with Gasteiger partial charge >= 0.3 is 0 Å². The van der Waals surface area contributed by atoms with Gasteiger partial charge in [-0.05, 0) is 31.0 Å². The maximum atomic E-state index is 12.0. The number of fused-ring (bicyclic) bond motifs is 1. The predicted octanol–water partition coefficient (Wildman–Crippen LogP) is 4.85. The first-order valence-electron chi connectivity index (χ1n) is 9.26. The number of hydrogen-bond donors (Lipinski definition) is 1. The third-order valence-corrected chi connectivity index (χ3v) is 6.92. The highest BCUT2D eigenvalue weighted by atomic mass is 32.2. The molecule has 1 saturated carbocycles. The van der Waals surface area contributed by atoms with Gasteiger partial charge in [-0.1, -0.05) is 43.2 Å². The molecule has 3 aromatic rings. The number of amides is 1. The minimum absolute atomic E-state index is 0.123. The molecule has 1 amide bonds. The lowest BCUT2D eigenvalue weighted by Gasteiger charge is -2.23. The molecule has 0 bridgehead atoms. The molecule has 1 aromatic carbocycles. The fourth-order valence-corrected chi connectivity index (χ4v) is 5.22. The summed E-state index contributed by atoms with van der Waals surface area (Å²) < 4.78 is 4.33. The summed E-state index contributed by atoms with van der Waals surface area (Å²) >= 11 is 3.05. The van der Waals surface area contributed by atoms with Gasteiger partial charge in [-0.2, -0.15) is 5.10 Å². The lowest BCUT2D eigenvalue weighted by Crippen LogP contribution is -2.19. The first-order chi connectivity index (χ1) is 13.3. The van der Waals surface area contributed by atoms with Crippen molar-refractivity contribution in [3.63, 3.8) is 0 Å². The molecule has 4 rings (SSSR count). The standard InChI is InChI=1S/C20H22N4OS2/c25-19(14-26-20-22-17-8-4-5-9-18(17)27-20)23-21-12-15-10-11-24(13-15)16-6-2-1-3-7-16/h4-5,8-13,16H,1-3,6-7,14H2,(H,23,25)/b21-12+. The zero-order valence-corrected chi connectivity index (χ0v) is 16.6. The molecule has 1 aliphatic carbocycles. The SMILES string of the molecule is O=C(CSc1nc2ccccc2s1)N/N=C/c1ccn(C2CCCCC2)c1. The number of hydrazone groups is 1. The van der Waals surface area contributed by atoms with Gasteiger partial charge < -0.3 is 4.57 Å². The van der Waals surface area contributed by atoms with Crippen LogP contribution in [0.25, 0.3) is 10.2 Å². The number of nitrogens with one attached hydrogen (secondary N) is 1. The third kappa shape index (κ3) is 4.78. The van der Waals surface area contributed by atoms with Crippen molar-refractivity contribution in [2.75, 3.05) is 5.75 Å². The van der Waals surface area contributed by atoms with Crippen LogP contribution in [-0.2, 0) is 4.79 Å². The number of aromatic nitrogens is 2. The summed E-state index contributed by atoms with van der Waals surface area (Å²) in [5, 5.41) is 4.09. The van der Waals surface area contributed by atoms with Crippen LogP contribution in [0.2, 0.25) is 0 Å². The molecule has 1 N–H and O–H groups in total. The first-order valence-corrected chi connectivity index (χ1v) is 11.1. The van der Waals surface area contributed by atoms with E-state index in [1.165, 1.54) is 43.9 Å². The number of thiazole rings is 1. The maximum absolute atomic E-state index is 12.0. The molecule has 2 aromatic heterocycles. The van der Waals surface area contributed by atoms with Gasteiger partial charge in [0, 0.05) is 24.0 Å². The van der Waals surface area contributed by atoms with Gasteiger partial charge in [0.1, 0.15) is 0 Å². The quantitative estimate of drug-likeness (QED) is 0.367. The number of carbonyl (C=O) groups is 1. The Labute approximate surface area is 166 Å². The zero-order chi connectivity index (χ0) is 18.5. The van der Waals surface area contributed by atoms with Crippen molar-refractivity contribution in [2.24, 2.45) is 5.10 Å². The van der Waals surface area contributed by atoms with Gasteiger partial charge in [0.05, 0.1) is 22.2 Å². The summed E-state index contributed by atoms with van der Waals surface area (Å²) in [5.41, 5.74) is 4.59. The fraction of sp³-hybridized carbons (Fsp3) is 0.350. The number of rotatable bonds is 6. The lowest BCUT2D eigenvalue weighted by atomic mass is 9.95. The number of hydrogen-bond acceptors (Lipinski definition) is 5. The van der Waals surface area contributed by atoms with Crippen LogP contribution in [0.1, 0.15) is 43.7 Å². The summed E-state index contributed by atoms with van der Waals surface area (Å²) in [5.74, 6) is 0.183. The van der Waals surface area contributed by atoms with E-state index in [9.17, 15) is 4.79 Å². The highest BCUT2D eigenvalue weighted by Crippen LogP contribution is 2.29. The molecule has 5 nitrogen and oxygen atoms in total. The first kappa shape index (κ1) is 18.3. The van der Waals surface area contributed by atoms with E-state index in [2.05, 4.69) is 32.5 Å². The topological polar surface area (TPSA) is 59.3 Å². The zero-order valence-electron chi connectivity index (χ0n) is 15.0. The molecule has 0 aliphatic heterocycles. The number of carbonyl (C=O) groups excluding carboxylic acids is 1. The summed E-state index contributed by atoms with van der Waals surface area (Å²) in [6, 6.07) is 10.7. The van der Waals surface area contributed by atoms with E-state index in [0.29, 0.717) is 11.8 Å². The van der Waals surface area contributed by atoms with Crippen LogP contribution in [-0.4, -0.2) is 27.4 Å². The fourth-order valence-electron chi connectivity index (χ4n) is 3.36. The minimum Gasteiger partial charge on any atom is -0.351 e. The molecule has 0 spiro atoms. The van der Waals surface area contributed by atoms with Crippen LogP contribution in [0.4, 0.5) is 0 Å². The molecule has 140 valence electrons. The Kier molecular flexibility index (Phi) is 5.89. The van der Waals surface area contributed by atoms with Gasteiger partial charge in [0.25, 0.3) is 5.91 Å². The number of para-hydroxylation sites is 1. The molecular formula is C20H22N4OS2. The second-order valence-electron chi connectivity index (χ2n) is 6.71. The van der Waals surface area contributed by atoms with Crippen molar-refractivity contribution >= 4 is 45.4 Å². The van der Waals surface area contributed by atoms with Crippen LogP contribution in [0.15, 0.2) is 52.2 Å². The average Bonchev–Trinajstić information content (AvgIpc) is 3.34. The van der Waals surface area contributed by atoms with Gasteiger partial charge in [0.15, 0.2) is 4.34 Å². The molecule has 0 atom stereocenters. The molecule has 0 radical (unpaired) electrons. The van der Waals surface area contributed by atoms with E-state index in [1.807, 2.05) is 30.3 Å². The van der Waals surface area contributed by atoms with Crippen LogP contribution in [0.3, 0.4) is 0 Å². The summed E-state index contributed by atoms with van der Waals surface area (Å²) in [4.78, 5) is 16.5. The summed E-state index contributed by atoms with van der Waals surface area (Å²) in [7, 11) is 0. The maximum Gasteiger partial charge on any atom is 0.250 e. The van der Waals surface area contributed by atoms with Gasteiger partial charge in [-0.25, -0.2) is 10.4 Å². The summed E-state index contributed by atoms with van der Waals surface area (Å²) in [6.07, 6.45) is 12.4. The van der Waals surface area contributed by atoms with Crippen molar-refractivity contribution in [3.8, 4) is 0 Å². The van der Waals surface area contributed by atoms with E-state index in [0.717, 1.165) is 20.1 Å². The van der Waals surface area contributed by atoms with E-state index < -0.39 is 0 Å². The van der Waals surface area contributed by atoms with Crippen molar-refractivity contribution in [2.45, 2.75) is 42.5 Å². The molecular weight excluding hydrogens is 376 g/mol. The minimum atomic E-state index is -0.123. The van der Waals surface area contributed by atoms with Crippen LogP contribution < -0.4 is 5.43 Å². The van der Waals surface area contributed by atoms with E-state index in [-0.39, 0.29) is 5.91 Å². The monoisotopic (exact) mass is 398 g/mol. The molecule has 2 heterocycles. The van der Waals surface area contributed by atoms with Crippen LogP contribution in [0, 0.1) is 0 Å². The van der Waals surface area contributed by atoms with E-state index in [1.54, 1.807) is 17.6 Å². The van der Waals surface area contributed by atoms with Crippen LogP contribution >= 0.6 is 23.1 Å². The van der Waals surface area contributed by atoms with Crippen molar-refractivity contribution in [3.05, 3.63) is 48.3 Å². The molecule has 0 unspecified atom stereocenters. The van der Waals surface area contributed by atoms with Crippen molar-refractivity contribution < 1.29 is 4.79 Å². The smallest absolute Gasteiger partial charge is 0.250 e. The van der Waals surface area contributed by atoms with Crippen LogP contribution in [0.5, 0.6) is 0 Å². The Morgan fingerprint density at radius 1 is 1.30 bits per heavy atom. The summed E-state index contributed by atoms with van der Waals surface area (Å²) in [6.45, 7) is 0. The predicted molar refractivity (Wildman–Crippen MR) is 113 cm³/mol. The number of nitrogens with zero attached hydrogens (tertiary/aromatic N) is 3. The molecule has 1 aliphatic rings. The molecule has 0 saturated heterocycles. The Balaban J connectivity index is 1.25. The molecule has 1 fully saturated rings. The Hall–Kier alpha value is -2.12. The normalized spacial score (nSPS) is 15.6. The molecule has 7 heteroatoms. The van der Waals surface area contributed by atoms with Crippen molar-refractivity contribution in [1.29, 1.82) is 0 Å². The Bertz CT molecular complexity index is 907.